The minimum atomic E-state index is -1.07. The molecule has 0 spiro atoms. The zero-order chi connectivity index (χ0) is 22.4. The highest BCUT2D eigenvalue weighted by molar-refractivity contribution is 6.30. The summed E-state index contributed by atoms with van der Waals surface area (Å²) < 4.78 is 5.41. The van der Waals surface area contributed by atoms with Crippen LogP contribution in [0.1, 0.15) is 33.6 Å². The summed E-state index contributed by atoms with van der Waals surface area (Å²) in [7, 11) is 0. The number of rotatable bonds is 8. The molecular formula is C22H20Cl2N2O5. The number of hydrogen-bond donors (Lipinski definition) is 1. The van der Waals surface area contributed by atoms with Crippen molar-refractivity contribution in [3.63, 3.8) is 0 Å². The maximum Gasteiger partial charge on any atom is 0.312 e. The van der Waals surface area contributed by atoms with E-state index in [2.05, 4.69) is 5.43 Å². The Morgan fingerprint density at radius 1 is 1.06 bits per heavy atom. The van der Waals surface area contributed by atoms with Crippen molar-refractivity contribution < 1.29 is 23.9 Å². The van der Waals surface area contributed by atoms with E-state index in [4.69, 9.17) is 27.9 Å². The number of hydrogen-bond acceptors (Lipinski definition) is 5. The minimum absolute atomic E-state index is 0.0427. The molecule has 3 rings (SSSR count). The fourth-order valence-electron chi connectivity index (χ4n) is 3.13. The highest BCUT2D eigenvalue weighted by Gasteiger charge is 2.38. The van der Waals surface area contributed by atoms with E-state index in [1.807, 2.05) is 0 Å². The lowest BCUT2D eigenvalue weighted by atomic mass is 10.0. The first-order chi connectivity index (χ1) is 14.9. The van der Waals surface area contributed by atoms with Gasteiger partial charge in [-0.25, -0.2) is 0 Å². The number of amides is 2. The quantitative estimate of drug-likeness (QED) is 0.369. The third-order valence-electron chi connectivity index (χ3n) is 4.78. The van der Waals surface area contributed by atoms with Gasteiger partial charge in [0.05, 0.1) is 12.5 Å². The van der Waals surface area contributed by atoms with Crippen LogP contribution in [0, 0.1) is 5.92 Å². The molecule has 31 heavy (non-hydrogen) atoms. The number of carbonyl (C=O) groups excluding carboxylic acids is 4. The SMILES string of the molecule is O=C(NN1CC(C(=O)OC(CCCl)C(=O)c2ccc(Cl)cc2)CC1=O)c1ccccc1. The van der Waals surface area contributed by atoms with E-state index in [0.717, 1.165) is 5.01 Å². The number of nitrogens with zero attached hydrogens (tertiary/aromatic N) is 1. The van der Waals surface area contributed by atoms with Crippen LogP contribution in [0.4, 0.5) is 0 Å². The first kappa shape index (κ1) is 22.8. The van der Waals surface area contributed by atoms with E-state index < -0.39 is 35.6 Å². The van der Waals surface area contributed by atoms with Crippen molar-refractivity contribution >= 4 is 46.8 Å². The monoisotopic (exact) mass is 462 g/mol. The molecule has 1 saturated heterocycles. The average Bonchev–Trinajstić information content (AvgIpc) is 3.14. The fourth-order valence-corrected chi connectivity index (χ4v) is 3.45. The Balaban J connectivity index is 1.62. The van der Waals surface area contributed by atoms with Gasteiger partial charge in [-0.1, -0.05) is 29.8 Å². The maximum atomic E-state index is 12.7. The predicted octanol–water partition coefficient (Wildman–Crippen LogP) is 3.26. The van der Waals surface area contributed by atoms with E-state index in [1.165, 1.54) is 0 Å². The fraction of sp³-hybridized carbons (Fsp3) is 0.273. The molecule has 0 bridgehead atoms. The third kappa shape index (κ3) is 5.83. The first-order valence-electron chi connectivity index (χ1n) is 9.61. The van der Waals surface area contributed by atoms with Crippen molar-refractivity contribution in [3.8, 4) is 0 Å². The molecule has 0 saturated carbocycles. The molecule has 1 N–H and O–H groups in total. The smallest absolute Gasteiger partial charge is 0.312 e. The van der Waals surface area contributed by atoms with E-state index >= 15 is 0 Å². The lowest BCUT2D eigenvalue weighted by molar-refractivity contribution is -0.151. The van der Waals surface area contributed by atoms with Gasteiger partial charge in [-0.2, -0.15) is 0 Å². The molecule has 2 unspecified atom stereocenters. The summed E-state index contributed by atoms with van der Waals surface area (Å²) in [6, 6.07) is 14.6. The van der Waals surface area contributed by atoms with Gasteiger partial charge in [-0.15, -0.1) is 11.6 Å². The molecule has 9 heteroatoms. The van der Waals surface area contributed by atoms with Gasteiger partial charge in [0.2, 0.25) is 11.7 Å². The van der Waals surface area contributed by atoms with Crippen LogP contribution in [0.5, 0.6) is 0 Å². The van der Waals surface area contributed by atoms with Crippen LogP contribution < -0.4 is 5.43 Å². The van der Waals surface area contributed by atoms with Crippen LogP contribution >= 0.6 is 23.2 Å². The molecule has 2 aromatic rings. The zero-order valence-corrected chi connectivity index (χ0v) is 17.9. The van der Waals surface area contributed by atoms with Gasteiger partial charge in [-0.3, -0.25) is 29.6 Å². The summed E-state index contributed by atoms with van der Waals surface area (Å²) in [4.78, 5) is 49.9. The molecule has 1 aliphatic heterocycles. The summed E-state index contributed by atoms with van der Waals surface area (Å²) in [6.45, 7) is -0.0427. The second-order valence-corrected chi connectivity index (χ2v) is 7.80. The highest BCUT2D eigenvalue weighted by atomic mass is 35.5. The number of nitrogens with one attached hydrogen (secondary N) is 1. The number of ether oxygens (including phenoxy) is 1. The molecular weight excluding hydrogens is 443 g/mol. The number of carbonyl (C=O) groups is 4. The number of hydrazine groups is 1. The largest absolute Gasteiger partial charge is 0.454 e. The number of alkyl halides is 1. The van der Waals surface area contributed by atoms with Crippen LogP contribution in [0.3, 0.4) is 0 Å². The second kappa shape index (κ2) is 10.4. The number of benzene rings is 2. The van der Waals surface area contributed by atoms with Gasteiger partial charge in [-0.05, 0) is 36.4 Å². The Morgan fingerprint density at radius 3 is 2.39 bits per heavy atom. The average molecular weight is 463 g/mol. The Labute approximate surface area is 189 Å². The number of esters is 1. The predicted molar refractivity (Wildman–Crippen MR) is 115 cm³/mol. The molecule has 1 fully saturated rings. The van der Waals surface area contributed by atoms with E-state index in [9.17, 15) is 19.2 Å². The van der Waals surface area contributed by atoms with Gasteiger partial charge in [0.15, 0.2) is 6.10 Å². The summed E-state index contributed by atoms with van der Waals surface area (Å²) in [5.41, 5.74) is 3.22. The highest BCUT2D eigenvalue weighted by Crippen LogP contribution is 2.21. The summed E-state index contributed by atoms with van der Waals surface area (Å²) >= 11 is 11.6. The molecule has 1 aliphatic rings. The third-order valence-corrected chi connectivity index (χ3v) is 5.25. The van der Waals surface area contributed by atoms with Crippen molar-refractivity contribution in [2.45, 2.75) is 18.9 Å². The lowest BCUT2D eigenvalue weighted by Gasteiger charge is -2.19. The Morgan fingerprint density at radius 2 is 1.74 bits per heavy atom. The molecule has 0 aliphatic carbocycles. The van der Waals surface area contributed by atoms with Crippen molar-refractivity contribution in [2.75, 3.05) is 12.4 Å². The number of ketones is 1. The first-order valence-corrected chi connectivity index (χ1v) is 10.5. The molecule has 2 amide bonds. The van der Waals surface area contributed by atoms with Crippen molar-refractivity contribution in [3.05, 3.63) is 70.7 Å². The van der Waals surface area contributed by atoms with Crippen LogP contribution in [-0.4, -0.2) is 47.1 Å². The van der Waals surface area contributed by atoms with Crippen molar-refractivity contribution in [1.82, 2.24) is 10.4 Å². The topological polar surface area (TPSA) is 92.8 Å². The normalized spacial score (nSPS) is 16.6. The molecule has 162 valence electrons. The number of Topliss-reactive ketones (excluding diaryl/α,β-unsaturated/α-hetero) is 1. The van der Waals surface area contributed by atoms with Crippen LogP contribution in [0.2, 0.25) is 5.02 Å². The number of halogens is 2. The Hall–Kier alpha value is -2.90. The standard InChI is InChI=1S/C22H20Cl2N2O5/c23-11-10-18(20(28)14-6-8-17(24)9-7-14)31-22(30)16-12-19(27)26(13-16)25-21(29)15-4-2-1-3-5-15/h1-9,16,18H,10-13H2,(H,25,29). The molecule has 2 atom stereocenters. The molecule has 0 radical (unpaired) electrons. The van der Waals surface area contributed by atoms with Crippen LogP contribution in [-0.2, 0) is 14.3 Å². The summed E-state index contributed by atoms with van der Waals surface area (Å²) in [5.74, 6) is -2.66. The van der Waals surface area contributed by atoms with E-state index in [-0.39, 0.29) is 25.3 Å². The Bertz CT molecular complexity index is 966. The maximum absolute atomic E-state index is 12.7. The molecule has 2 aromatic carbocycles. The van der Waals surface area contributed by atoms with Crippen LogP contribution in [0.25, 0.3) is 0 Å². The van der Waals surface area contributed by atoms with Gasteiger partial charge < -0.3 is 4.74 Å². The molecule has 0 aromatic heterocycles. The minimum Gasteiger partial charge on any atom is -0.454 e. The van der Waals surface area contributed by atoms with E-state index in [0.29, 0.717) is 16.1 Å². The molecule has 1 heterocycles. The Kier molecular flexibility index (Phi) is 7.65. The lowest BCUT2D eigenvalue weighted by Crippen LogP contribution is -2.43. The molecule has 7 nitrogen and oxygen atoms in total. The van der Waals surface area contributed by atoms with Crippen LogP contribution in [0.15, 0.2) is 54.6 Å². The second-order valence-electron chi connectivity index (χ2n) is 6.99. The summed E-state index contributed by atoms with van der Waals surface area (Å²) in [5, 5.41) is 1.57. The van der Waals surface area contributed by atoms with Gasteiger partial charge in [0.25, 0.3) is 5.91 Å². The van der Waals surface area contributed by atoms with E-state index in [1.54, 1.807) is 54.6 Å². The van der Waals surface area contributed by atoms with Crippen molar-refractivity contribution in [2.24, 2.45) is 5.92 Å². The van der Waals surface area contributed by atoms with Gasteiger partial charge in [0.1, 0.15) is 0 Å². The van der Waals surface area contributed by atoms with Crippen molar-refractivity contribution in [1.29, 1.82) is 0 Å². The zero-order valence-electron chi connectivity index (χ0n) is 16.4. The van der Waals surface area contributed by atoms with Gasteiger partial charge >= 0.3 is 5.97 Å². The summed E-state index contributed by atoms with van der Waals surface area (Å²) in [6.07, 6.45) is -1.07. The van der Waals surface area contributed by atoms with Gasteiger partial charge in [0, 0.05) is 34.9 Å².